The van der Waals surface area contributed by atoms with Gasteiger partial charge in [0.1, 0.15) is 0 Å². The van der Waals surface area contributed by atoms with Gasteiger partial charge in [-0.25, -0.2) is 4.98 Å². The summed E-state index contributed by atoms with van der Waals surface area (Å²) < 4.78 is 0. The van der Waals surface area contributed by atoms with Crippen LogP contribution in [0.4, 0.5) is 10.8 Å². The van der Waals surface area contributed by atoms with Gasteiger partial charge >= 0.3 is 0 Å². The molecule has 0 spiro atoms. The molecule has 0 radical (unpaired) electrons. The van der Waals surface area contributed by atoms with Crippen LogP contribution in [0.2, 0.25) is 0 Å². The molecule has 2 rings (SSSR count). The van der Waals surface area contributed by atoms with Gasteiger partial charge in [0.05, 0.1) is 17.1 Å². The highest BCUT2D eigenvalue weighted by Gasteiger charge is 2.13. The number of nitrogens with zero attached hydrogens (tertiary/aromatic N) is 1. The molecular weight excluding hydrogens is 286 g/mol. The van der Waals surface area contributed by atoms with Crippen molar-refractivity contribution in [2.45, 2.75) is 20.8 Å². The number of aromatic nitrogens is 1. The summed E-state index contributed by atoms with van der Waals surface area (Å²) in [4.78, 5) is 28.0. The molecule has 0 fully saturated rings. The second-order valence-electron chi connectivity index (χ2n) is 4.71. The maximum absolute atomic E-state index is 11.9. The van der Waals surface area contributed by atoms with E-state index in [9.17, 15) is 9.59 Å². The topological polar surface area (TPSA) is 71.1 Å². The first-order valence-electron chi connectivity index (χ1n) is 6.55. The van der Waals surface area contributed by atoms with Crippen LogP contribution in [0.25, 0.3) is 0 Å². The summed E-state index contributed by atoms with van der Waals surface area (Å²) >= 11 is 1.20. The van der Waals surface area contributed by atoms with Gasteiger partial charge in [-0.3, -0.25) is 9.59 Å². The molecule has 0 saturated heterocycles. The Morgan fingerprint density at radius 3 is 2.57 bits per heavy atom. The number of nitrogens with one attached hydrogen (secondary N) is 2. The lowest BCUT2D eigenvalue weighted by molar-refractivity contribution is -0.114. The molecule has 1 heterocycles. The minimum atomic E-state index is -0.192. The van der Waals surface area contributed by atoms with E-state index in [1.165, 1.54) is 18.3 Å². The second kappa shape index (κ2) is 6.49. The molecule has 1 aromatic heterocycles. The molecule has 0 aliphatic rings. The molecule has 21 heavy (non-hydrogen) atoms. The summed E-state index contributed by atoms with van der Waals surface area (Å²) in [6.45, 7) is 5.38. The van der Waals surface area contributed by atoms with Crippen molar-refractivity contribution in [3.8, 4) is 0 Å². The van der Waals surface area contributed by atoms with Crippen molar-refractivity contribution in [2.75, 3.05) is 17.2 Å². The summed E-state index contributed by atoms with van der Waals surface area (Å²) in [7, 11) is 0. The number of carbonyl (C=O) groups excluding carboxylic acids is 2. The van der Waals surface area contributed by atoms with Crippen LogP contribution in [0.3, 0.4) is 0 Å². The minimum absolute atomic E-state index is 0.0384. The number of amides is 1. The lowest BCUT2D eigenvalue weighted by Gasteiger charge is -2.08. The van der Waals surface area contributed by atoms with Crippen LogP contribution in [0.15, 0.2) is 24.3 Å². The standard InChI is InChI=1S/C15H17N3O2S/c1-9-6-4-5-7-12(9)16-8-13(20)18-15-17-10(2)14(21-15)11(3)19/h4-7,16H,8H2,1-3H3,(H,17,18,20). The number of hydrogen-bond acceptors (Lipinski definition) is 5. The van der Waals surface area contributed by atoms with Crippen molar-refractivity contribution in [1.82, 2.24) is 4.98 Å². The van der Waals surface area contributed by atoms with Crippen molar-refractivity contribution in [3.63, 3.8) is 0 Å². The molecule has 2 N–H and O–H groups in total. The van der Waals surface area contributed by atoms with Crippen molar-refractivity contribution in [1.29, 1.82) is 0 Å². The van der Waals surface area contributed by atoms with Crippen molar-refractivity contribution < 1.29 is 9.59 Å². The zero-order chi connectivity index (χ0) is 15.4. The molecule has 2 aromatic rings. The summed E-state index contributed by atoms with van der Waals surface area (Å²) in [6, 6.07) is 7.76. The Labute approximate surface area is 127 Å². The maximum atomic E-state index is 11.9. The number of anilines is 2. The van der Waals surface area contributed by atoms with Crippen LogP contribution < -0.4 is 10.6 Å². The van der Waals surface area contributed by atoms with E-state index in [1.54, 1.807) is 6.92 Å². The molecule has 1 aromatic carbocycles. The summed E-state index contributed by atoms with van der Waals surface area (Å²) in [5, 5.41) is 6.23. The Balaban J connectivity index is 1.95. The predicted molar refractivity (Wildman–Crippen MR) is 85.2 cm³/mol. The van der Waals surface area contributed by atoms with Gasteiger partial charge in [-0.1, -0.05) is 29.5 Å². The van der Waals surface area contributed by atoms with Crippen LogP contribution >= 0.6 is 11.3 Å². The summed E-state index contributed by atoms with van der Waals surface area (Å²) in [6.07, 6.45) is 0. The third kappa shape index (κ3) is 3.88. The molecular formula is C15H17N3O2S. The van der Waals surface area contributed by atoms with Gasteiger partial charge in [0, 0.05) is 12.6 Å². The normalized spacial score (nSPS) is 10.2. The van der Waals surface area contributed by atoms with Gasteiger partial charge in [0.2, 0.25) is 5.91 Å². The van der Waals surface area contributed by atoms with Gasteiger partial charge in [0.15, 0.2) is 10.9 Å². The lowest BCUT2D eigenvalue weighted by Crippen LogP contribution is -2.21. The third-order valence-electron chi connectivity index (χ3n) is 2.95. The highest BCUT2D eigenvalue weighted by Crippen LogP contribution is 2.22. The van der Waals surface area contributed by atoms with Crippen LogP contribution in [0.1, 0.15) is 27.9 Å². The van der Waals surface area contributed by atoms with E-state index in [4.69, 9.17) is 0 Å². The highest BCUT2D eigenvalue weighted by molar-refractivity contribution is 7.17. The van der Waals surface area contributed by atoms with Crippen molar-refractivity contribution >= 4 is 33.8 Å². The average Bonchev–Trinajstić information content (AvgIpc) is 2.79. The number of Topliss-reactive ketones (excluding diaryl/α,β-unsaturated/α-hetero) is 1. The largest absolute Gasteiger partial charge is 0.376 e. The quantitative estimate of drug-likeness (QED) is 0.833. The Morgan fingerprint density at radius 2 is 1.95 bits per heavy atom. The average molecular weight is 303 g/mol. The third-order valence-corrected chi connectivity index (χ3v) is 4.12. The van der Waals surface area contributed by atoms with E-state index in [2.05, 4.69) is 15.6 Å². The minimum Gasteiger partial charge on any atom is -0.376 e. The first kappa shape index (κ1) is 15.2. The van der Waals surface area contributed by atoms with Gasteiger partial charge in [0.25, 0.3) is 0 Å². The number of rotatable bonds is 5. The number of benzene rings is 1. The van der Waals surface area contributed by atoms with Crippen LogP contribution in [0.5, 0.6) is 0 Å². The predicted octanol–water partition coefficient (Wildman–Crippen LogP) is 3.01. The fraction of sp³-hybridized carbons (Fsp3) is 0.267. The summed E-state index contributed by atoms with van der Waals surface area (Å²) in [5.41, 5.74) is 2.65. The molecule has 0 atom stereocenters. The van der Waals surface area contributed by atoms with Gasteiger partial charge < -0.3 is 10.6 Å². The highest BCUT2D eigenvalue weighted by atomic mass is 32.1. The number of ketones is 1. The maximum Gasteiger partial charge on any atom is 0.245 e. The number of para-hydroxylation sites is 1. The first-order chi connectivity index (χ1) is 9.97. The van der Waals surface area contributed by atoms with Gasteiger partial charge in [-0.05, 0) is 25.5 Å². The molecule has 6 heteroatoms. The van der Waals surface area contributed by atoms with Crippen LogP contribution in [-0.4, -0.2) is 23.2 Å². The van der Waals surface area contributed by atoms with E-state index in [-0.39, 0.29) is 18.2 Å². The molecule has 0 unspecified atom stereocenters. The second-order valence-corrected chi connectivity index (χ2v) is 5.71. The van der Waals surface area contributed by atoms with Crippen molar-refractivity contribution in [3.05, 3.63) is 40.4 Å². The number of thiazole rings is 1. The lowest BCUT2D eigenvalue weighted by atomic mass is 10.2. The fourth-order valence-corrected chi connectivity index (χ4v) is 2.76. The Morgan fingerprint density at radius 1 is 1.24 bits per heavy atom. The molecule has 1 amide bonds. The zero-order valence-electron chi connectivity index (χ0n) is 12.2. The Kier molecular flexibility index (Phi) is 4.70. The molecule has 0 aliphatic carbocycles. The van der Waals surface area contributed by atoms with Crippen LogP contribution in [-0.2, 0) is 4.79 Å². The Hall–Kier alpha value is -2.21. The first-order valence-corrected chi connectivity index (χ1v) is 7.36. The monoisotopic (exact) mass is 303 g/mol. The van der Waals surface area contributed by atoms with E-state index >= 15 is 0 Å². The van der Waals surface area contributed by atoms with Gasteiger partial charge in [-0.15, -0.1) is 0 Å². The molecule has 5 nitrogen and oxygen atoms in total. The number of aryl methyl sites for hydroxylation is 2. The van der Waals surface area contributed by atoms with Crippen molar-refractivity contribution in [2.24, 2.45) is 0 Å². The fourth-order valence-electron chi connectivity index (χ4n) is 1.89. The molecule has 0 aliphatic heterocycles. The Bertz CT molecular complexity index is 679. The van der Waals surface area contributed by atoms with E-state index < -0.39 is 0 Å². The smallest absolute Gasteiger partial charge is 0.245 e. The van der Waals surface area contributed by atoms with E-state index in [1.807, 2.05) is 31.2 Å². The summed E-state index contributed by atoms with van der Waals surface area (Å²) in [5.74, 6) is -0.231. The molecule has 0 bridgehead atoms. The van der Waals surface area contributed by atoms with Gasteiger partial charge in [-0.2, -0.15) is 0 Å². The molecule has 0 saturated carbocycles. The number of carbonyl (C=O) groups is 2. The van der Waals surface area contributed by atoms with E-state index in [0.717, 1.165) is 11.3 Å². The van der Waals surface area contributed by atoms with Crippen LogP contribution in [0, 0.1) is 13.8 Å². The molecule has 110 valence electrons. The number of hydrogen-bond donors (Lipinski definition) is 2. The SMILES string of the molecule is CC(=O)c1sc(NC(=O)CNc2ccccc2C)nc1C. The zero-order valence-corrected chi connectivity index (χ0v) is 13.0. The van der Waals surface area contributed by atoms with E-state index in [0.29, 0.717) is 15.7 Å².